The fourth-order valence-corrected chi connectivity index (χ4v) is 3.71. The van der Waals surface area contributed by atoms with Crippen LogP contribution in [0.25, 0.3) is 0 Å². The molecule has 0 aromatic carbocycles. The Hall–Kier alpha value is -1.05. The Kier molecular flexibility index (Phi) is 2.38. The highest BCUT2D eigenvalue weighted by atomic mass is 14.8. The topological polar surface area (TPSA) is 38.9 Å². The molecule has 3 unspecified atom stereocenters. The van der Waals surface area contributed by atoms with Crippen LogP contribution in [0.1, 0.15) is 36.8 Å². The fourth-order valence-electron chi connectivity index (χ4n) is 3.71. The van der Waals surface area contributed by atoms with Gasteiger partial charge in [0.25, 0.3) is 0 Å². The Labute approximate surface area is 97.3 Å². The van der Waals surface area contributed by atoms with Crippen molar-refractivity contribution in [2.24, 2.45) is 17.8 Å². The molecule has 0 radical (unpaired) electrons. The molecule has 2 nitrogen and oxygen atoms in total. The molecular formula is C14H20N2. The second-order valence-electron chi connectivity index (χ2n) is 5.70. The van der Waals surface area contributed by atoms with E-state index in [2.05, 4.69) is 18.0 Å². The second-order valence-corrected chi connectivity index (χ2v) is 5.70. The first-order valence-corrected chi connectivity index (χ1v) is 6.43. The molecule has 0 amide bonds. The monoisotopic (exact) mass is 216 g/mol. The van der Waals surface area contributed by atoms with Gasteiger partial charge in [0.2, 0.25) is 0 Å². The summed E-state index contributed by atoms with van der Waals surface area (Å²) in [4.78, 5) is 4.26. The average Bonchev–Trinajstić information content (AvgIpc) is 2.85. The Morgan fingerprint density at radius 3 is 2.94 bits per heavy atom. The molecular weight excluding hydrogens is 196 g/mol. The molecule has 2 heteroatoms. The number of anilines is 1. The number of aromatic nitrogens is 1. The summed E-state index contributed by atoms with van der Waals surface area (Å²) in [5.74, 6) is 3.62. The summed E-state index contributed by atoms with van der Waals surface area (Å²) in [5, 5.41) is 0. The summed E-state index contributed by atoms with van der Waals surface area (Å²) in [6, 6.07) is 2.22. The summed E-state index contributed by atoms with van der Waals surface area (Å²) in [6.07, 6.45) is 8.85. The van der Waals surface area contributed by atoms with Crippen LogP contribution >= 0.6 is 0 Å². The number of hydrogen-bond acceptors (Lipinski definition) is 2. The first kappa shape index (κ1) is 10.1. The Bertz CT molecular complexity index is 400. The van der Waals surface area contributed by atoms with Crippen LogP contribution in [0.5, 0.6) is 0 Å². The summed E-state index contributed by atoms with van der Waals surface area (Å²) in [5.41, 5.74) is 8.46. The van der Waals surface area contributed by atoms with Crippen LogP contribution in [0.4, 0.5) is 5.82 Å². The Morgan fingerprint density at radius 2 is 2.25 bits per heavy atom. The van der Waals surface area contributed by atoms with Crippen molar-refractivity contribution >= 4 is 5.82 Å². The van der Waals surface area contributed by atoms with Crippen LogP contribution in [0.15, 0.2) is 12.3 Å². The van der Waals surface area contributed by atoms with Gasteiger partial charge in [0.05, 0.1) is 0 Å². The van der Waals surface area contributed by atoms with Gasteiger partial charge >= 0.3 is 0 Å². The molecule has 1 aromatic rings. The summed E-state index contributed by atoms with van der Waals surface area (Å²) < 4.78 is 0. The van der Waals surface area contributed by atoms with E-state index in [9.17, 15) is 0 Å². The van der Waals surface area contributed by atoms with Gasteiger partial charge in [-0.05, 0) is 61.5 Å². The number of fused-ring (bicyclic) bond motifs is 2. The lowest BCUT2D eigenvalue weighted by Crippen LogP contribution is -2.14. The predicted octanol–water partition coefficient (Wildman–Crippen LogP) is 2.95. The number of aryl methyl sites for hydroxylation is 1. The summed E-state index contributed by atoms with van der Waals surface area (Å²) >= 11 is 0. The number of rotatable bonds is 2. The number of nitrogens with two attached hydrogens (primary N) is 1. The third-order valence-electron chi connectivity index (χ3n) is 4.50. The van der Waals surface area contributed by atoms with Crippen molar-refractivity contribution in [3.63, 3.8) is 0 Å². The van der Waals surface area contributed by atoms with Crippen LogP contribution < -0.4 is 5.73 Å². The SMILES string of the molecule is Cc1cnc(N)c(CC2CC3CCC2C3)c1. The quantitative estimate of drug-likeness (QED) is 0.825. The Morgan fingerprint density at radius 1 is 1.38 bits per heavy atom. The van der Waals surface area contributed by atoms with Crippen molar-refractivity contribution < 1.29 is 0 Å². The largest absolute Gasteiger partial charge is 0.383 e. The molecule has 2 bridgehead atoms. The number of hydrogen-bond donors (Lipinski definition) is 1. The predicted molar refractivity (Wildman–Crippen MR) is 66.0 cm³/mol. The molecule has 86 valence electrons. The maximum atomic E-state index is 5.95. The minimum Gasteiger partial charge on any atom is -0.383 e. The van der Waals surface area contributed by atoms with Crippen molar-refractivity contribution in [1.82, 2.24) is 4.98 Å². The highest BCUT2D eigenvalue weighted by molar-refractivity contribution is 5.41. The standard InChI is InChI=1S/C14H20N2/c1-9-4-13(14(15)16-8-9)7-12-6-10-2-3-11(12)5-10/h4,8,10-12H,2-3,5-7H2,1H3,(H2,15,16). The minimum atomic E-state index is 0.744. The molecule has 2 fully saturated rings. The van der Waals surface area contributed by atoms with E-state index in [-0.39, 0.29) is 0 Å². The zero-order chi connectivity index (χ0) is 11.1. The van der Waals surface area contributed by atoms with E-state index < -0.39 is 0 Å². The van der Waals surface area contributed by atoms with Gasteiger partial charge in [-0.15, -0.1) is 0 Å². The smallest absolute Gasteiger partial charge is 0.126 e. The third kappa shape index (κ3) is 1.70. The molecule has 2 aliphatic carbocycles. The average molecular weight is 216 g/mol. The maximum absolute atomic E-state index is 5.95. The molecule has 1 heterocycles. The van der Waals surface area contributed by atoms with E-state index in [1.165, 1.54) is 36.8 Å². The second kappa shape index (κ2) is 3.76. The molecule has 3 rings (SSSR count). The highest BCUT2D eigenvalue weighted by Crippen LogP contribution is 2.49. The number of pyridine rings is 1. The van der Waals surface area contributed by atoms with Crippen LogP contribution in [0.2, 0.25) is 0 Å². The first-order valence-electron chi connectivity index (χ1n) is 6.43. The van der Waals surface area contributed by atoms with Crippen molar-refractivity contribution in [2.75, 3.05) is 5.73 Å². The highest BCUT2D eigenvalue weighted by Gasteiger charge is 2.39. The van der Waals surface area contributed by atoms with E-state index >= 15 is 0 Å². The fraction of sp³-hybridized carbons (Fsp3) is 0.643. The molecule has 2 aliphatic rings. The van der Waals surface area contributed by atoms with Crippen molar-refractivity contribution in [3.05, 3.63) is 23.4 Å². The zero-order valence-corrected chi connectivity index (χ0v) is 9.95. The molecule has 2 saturated carbocycles. The van der Waals surface area contributed by atoms with Crippen molar-refractivity contribution in [3.8, 4) is 0 Å². The van der Waals surface area contributed by atoms with E-state index in [4.69, 9.17) is 5.73 Å². The minimum absolute atomic E-state index is 0.744. The summed E-state index contributed by atoms with van der Waals surface area (Å²) in [7, 11) is 0. The number of nitrogens with zero attached hydrogens (tertiary/aromatic N) is 1. The van der Waals surface area contributed by atoms with Gasteiger partial charge in [0.1, 0.15) is 5.82 Å². The van der Waals surface area contributed by atoms with E-state index in [0.717, 1.165) is 30.0 Å². The van der Waals surface area contributed by atoms with Gasteiger partial charge < -0.3 is 5.73 Å². The number of nitrogen functional groups attached to an aromatic ring is 1. The molecule has 0 saturated heterocycles. The molecule has 1 aromatic heterocycles. The van der Waals surface area contributed by atoms with E-state index in [1.54, 1.807) is 0 Å². The molecule has 16 heavy (non-hydrogen) atoms. The van der Waals surface area contributed by atoms with Crippen LogP contribution in [-0.4, -0.2) is 4.98 Å². The van der Waals surface area contributed by atoms with Crippen molar-refractivity contribution in [2.45, 2.75) is 39.0 Å². The zero-order valence-electron chi connectivity index (χ0n) is 9.95. The summed E-state index contributed by atoms with van der Waals surface area (Å²) in [6.45, 7) is 2.09. The van der Waals surface area contributed by atoms with Gasteiger partial charge in [-0.3, -0.25) is 0 Å². The van der Waals surface area contributed by atoms with Gasteiger partial charge in [-0.2, -0.15) is 0 Å². The lowest BCUT2D eigenvalue weighted by atomic mass is 9.84. The maximum Gasteiger partial charge on any atom is 0.126 e. The van der Waals surface area contributed by atoms with Crippen LogP contribution in [0, 0.1) is 24.7 Å². The molecule has 0 spiro atoms. The molecule has 3 atom stereocenters. The lowest BCUT2D eigenvalue weighted by Gasteiger charge is -2.22. The van der Waals surface area contributed by atoms with Crippen LogP contribution in [-0.2, 0) is 6.42 Å². The lowest BCUT2D eigenvalue weighted by molar-refractivity contribution is 0.331. The van der Waals surface area contributed by atoms with Gasteiger partial charge in [-0.25, -0.2) is 4.98 Å². The molecule has 2 N–H and O–H groups in total. The van der Waals surface area contributed by atoms with E-state index in [0.29, 0.717) is 0 Å². The van der Waals surface area contributed by atoms with Gasteiger partial charge in [-0.1, -0.05) is 12.5 Å². The van der Waals surface area contributed by atoms with Crippen molar-refractivity contribution in [1.29, 1.82) is 0 Å². The van der Waals surface area contributed by atoms with Gasteiger partial charge in [0.15, 0.2) is 0 Å². The first-order chi connectivity index (χ1) is 7.72. The van der Waals surface area contributed by atoms with Crippen LogP contribution in [0.3, 0.4) is 0 Å². The normalized spacial score (nSPS) is 32.2. The van der Waals surface area contributed by atoms with E-state index in [1.807, 2.05) is 6.20 Å². The third-order valence-corrected chi connectivity index (χ3v) is 4.50. The molecule has 0 aliphatic heterocycles. The Balaban J connectivity index is 1.76. The van der Waals surface area contributed by atoms with Gasteiger partial charge in [0, 0.05) is 6.20 Å².